The fourth-order valence-electron chi connectivity index (χ4n) is 1.73. The van der Waals surface area contributed by atoms with Crippen molar-refractivity contribution in [3.8, 4) is 5.88 Å². The normalized spacial score (nSPS) is 11.8. The third-order valence-electron chi connectivity index (χ3n) is 2.50. The molecular weight excluding hydrogens is 299 g/mol. The van der Waals surface area contributed by atoms with Crippen LogP contribution >= 0.6 is 0 Å². The van der Waals surface area contributed by atoms with Crippen molar-refractivity contribution in [1.82, 2.24) is 15.2 Å². The standard InChI is InChI=1S/C14H20F3N3O2/c1-10(2)19-12(21)8-20(3)7-11-4-5-13(18-6-11)22-9-14(15,16)17/h4-6,10H,7-9H2,1-3H3,(H,19,21). The Morgan fingerprint density at radius 1 is 1.41 bits per heavy atom. The van der Waals surface area contributed by atoms with Crippen LogP contribution in [0, 0.1) is 0 Å². The maximum Gasteiger partial charge on any atom is 0.422 e. The summed E-state index contributed by atoms with van der Waals surface area (Å²) in [5.74, 6) is -0.170. The van der Waals surface area contributed by atoms with E-state index < -0.39 is 12.8 Å². The number of rotatable bonds is 7. The van der Waals surface area contributed by atoms with Crippen LogP contribution in [0.2, 0.25) is 0 Å². The topological polar surface area (TPSA) is 54.5 Å². The first-order valence-electron chi connectivity index (χ1n) is 6.78. The number of nitrogens with zero attached hydrogens (tertiary/aromatic N) is 2. The lowest BCUT2D eigenvalue weighted by Gasteiger charge is -2.17. The lowest BCUT2D eigenvalue weighted by atomic mass is 10.2. The molecule has 1 heterocycles. The molecule has 0 saturated heterocycles. The Bertz CT molecular complexity index is 475. The molecule has 1 N–H and O–H groups in total. The van der Waals surface area contributed by atoms with E-state index in [0.717, 1.165) is 5.56 Å². The minimum absolute atomic E-state index is 0.0765. The highest BCUT2D eigenvalue weighted by Gasteiger charge is 2.28. The van der Waals surface area contributed by atoms with Crippen LogP contribution in [0.25, 0.3) is 0 Å². The molecule has 0 aliphatic heterocycles. The van der Waals surface area contributed by atoms with E-state index in [1.54, 1.807) is 18.0 Å². The number of hydrogen-bond acceptors (Lipinski definition) is 4. The van der Waals surface area contributed by atoms with Crippen molar-refractivity contribution in [1.29, 1.82) is 0 Å². The van der Waals surface area contributed by atoms with Gasteiger partial charge in [0.2, 0.25) is 11.8 Å². The van der Waals surface area contributed by atoms with Crippen molar-refractivity contribution in [2.24, 2.45) is 0 Å². The zero-order valence-electron chi connectivity index (χ0n) is 12.8. The van der Waals surface area contributed by atoms with E-state index in [-0.39, 0.29) is 24.4 Å². The highest BCUT2D eigenvalue weighted by Crippen LogP contribution is 2.17. The van der Waals surface area contributed by atoms with Crippen LogP contribution in [-0.4, -0.2) is 48.2 Å². The maximum atomic E-state index is 12.0. The predicted octanol–water partition coefficient (Wildman–Crippen LogP) is 1.98. The van der Waals surface area contributed by atoms with E-state index in [4.69, 9.17) is 0 Å². The van der Waals surface area contributed by atoms with Gasteiger partial charge in [0.15, 0.2) is 6.61 Å². The highest BCUT2D eigenvalue weighted by atomic mass is 19.4. The molecule has 0 fully saturated rings. The summed E-state index contributed by atoms with van der Waals surface area (Å²) in [5, 5.41) is 2.78. The van der Waals surface area contributed by atoms with Crippen LogP contribution in [0.3, 0.4) is 0 Å². The van der Waals surface area contributed by atoms with E-state index in [1.807, 2.05) is 13.8 Å². The smallest absolute Gasteiger partial charge is 0.422 e. The summed E-state index contributed by atoms with van der Waals surface area (Å²) >= 11 is 0. The monoisotopic (exact) mass is 319 g/mol. The van der Waals surface area contributed by atoms with Gasteiger partial charge >= 0.3 is 6.18 Å². The van der Waals surface area contributed by atoms with Gasteiger partial charge in [-0.2, -0.15) is 13.2 Å². The molecule has 0 spiro atoms. The van der Waals surface area contributed by atoms with E-state index in [0.29, 0.717) is 6.54 Å². The Morgan fingerprint density at radius 2 is 2.09 bits per heavy atom. The summed E-state index contributed by atoms with van der Waals surface area (Å²) in [6.45, 7) is 3.07. The summed E-state index contributed by atoms with van der Waals surface area (Å²) < 4.78 is 40.5. The first-order valence-corrected chi connectivity index (χ1v) is 6.78. The Kier molecular flexibility index (Phi) is 6.61. The fraction of sp³-hybridized carbons (Fsp3) is 0.571. The van der Waals surface area contributed by atoms with Crippen molar-refractivity contribution in [2.75, 3.05) is 20.2 Å². The van der Waals surface area contributed by atoms with Crippen LogP contribution in [0.4, 0.5) is 13.2 Å². The molecule has 0 atom stereocenters. The predicted molar refractivity (Wildman–Crippen MR) is 75.4 cm³/mol. The molecule has 22 heavy (non-hydrogen) atoms. The van der Waals surface area contributed by atoms with Crippen LogP contribution in [0.5, 0.6) is 5.88 Å². The van der Waals surface area contributed by atoms with Gasteiger partial charge in [0, 0.05) is 24.8 Å². The third kappa shape index (κ3) is 7.82. The van der Waals surface area contributed by atoms with Crippen LogP contribution in [0.1, 0.15) is 19.4 Å². The Hall–Kier alpha value is -1.83. The number of amides is 1. The molecule has 1 amide bonds. The first kappa shape index (κ1) is 18.2. The molecule has 1 rings (SSSR count). The Morgan fingerprint density at radius 3 is 2.59 bits per heavy atom. The van der Waals surface area contributed by atoms with Gasteiger partial charge < -0.3 is 10.1 Å². The molecule has 0 bridgehead atoms. The van der Waals surface area contributed by atoms with Crippen molar-refractivity contribution in [3.63, 3.8) is 0 Å². The largest absolute Gasteiger partial charge is 0.468 e. The number of carbonyl (C=O) groups excluding carboxylic acids is 1. The van der Waals surface area contributed by atoms with Crippen LogP contribution in [0.15, 0.2) is 18.3 Å². The second kappa shape index (κ2) is 7.98. The molecule has 0 saturated carbocycles. The molecule has 0 aromatic carbocycles. The van der Waals surface area contributed by atoms with Gasteiger partial charge in [-0.25, -0.2) is 4.98 Å². The van der Waals surface area contributed by atoms with Crippen LogP contribution < -0.4 is 10.1 Å². The van der Waals surface area contributed by atoms with E-state index >= 15 is 0 Å². The quantitative estimate of drug-likeness (QED) is 0.835. The minimum atomic E-state index is -4.38. The van der Waals surface area contributed by atoms with E-state index in [1.165, 1.54) is 12.3 Å². The maximum absolute atomic E-state index is 12.0. The van der Waals surface area contributed by atoms with Gasteiger partial charge in [0.1, 0.15) is 0 Å². The van der Waals surface area contributed by atoms with Gasteiger partial charge in [-0.05, 0) is 26.5 Å². The molecule has 124 valence electrons. The Labute approximate surface area is 127 Å². The average Bonchev–Trinajstić information content (AvgIpc) is 2.35. The first-order chi connectivity index (χ1) is 10.2. The molecule has 1 aromatic heterocycles. The number of halogens is 3. The number of alkyl halides is 3. The number of nitrogens with one attached hydrogen (secondary N) is 1. The molecule has 5 nitrogen and oxygen atoms in total. The molecule has 8 heteroatoms. The zero-order valence-corrected chi connectivity index (χ0v) is 12.8. The third-order valence-corrected chi connectivity index (χ3v) is 2.50. The Balaban J connectivity index is 2.45. The number of likely N-dealkylation sites (N-methyl/N-ethyl adjacent to an activating group) is 1. The summed E-state index contributed by atoms with van der Waals surface area (Å²) in [4.78, 5) is 17.2. The number of pyridine rings is 1. The van der Waals surface area contributed by atoms with Crippen molar-refractivity contribution >= 4 is 5.91 Å². The van der Waals surface area contributed by atoms with E-state index in [9.17, 15) is 18.0 Å². The summed E-state index contributed by atoms with van der Waals surface area (Å²) in [6.07, 6.45) is -2.95. The number of aromatic nitrogens is 1. The second-order valence-electron chi connectivity index (χ2n) is 5.30. The number of hydrogen-bond donors (Lipinski definition) is 1. The average molecular weight is 319 g/mol. The highest BCUT2D eigenvalue weighted by molar-refractivity contribution is 5.78. The molecular formula is C14H20F3N3O2. The number of ether oxygens (including phenoxy) is 1. The molecule has 1 aromatic rings. The molecule has 0 aliphatic carbocycles. The van der Waals surface area contributed by atoms with Crippen molar-refractivity contribution in [2.45, 2.75) is 32.6 Å². The lowest BCUT2D eigenvalue weighted by Crippen LogP contribution is -2.38. The minimum Gasteiger partial charge on any atom is -0.468 e. The van der Waals surface area contributed by atoms with Gasteiger partial charge in [-0.15, -0.1) is 0 Å². The van der Waals surface area contributed by atoms with Gasteiger partial charge in [-0.3, -0.25) is 9.69 Å². The SMILES string of the molecule is CC(C)NC(=O)CN(C)Cc1ccc(OCC(F)(F)F)nc1. The van der Waals surface area contributed by atoms with Crippen LogP contribution in [-0.2, 0) is 11.3 Å². The number of carbonyl (C=O) groups is 1. The molecule has 0 unspecified atom stereocenters. The zero-order chi connectivity index (χ0) is 16.8. The molecule has 0 aliphatic rings. The van der Waals surface area contributed by atoms with Crippen molar-refractivity contribution in [3.05, 3.63) is 23.9 Å². The fourth-order valence-corrected chi connectivity index (χ4v) is 1.73. The van der Waals surface area contributed by atoms with Gasteiger partial charge in [-0.1, -0.05) is 6.07 Å². The summed E-state index contributed by atoms with van der Waals surface area (Å²) in [5.41, 5.74) is 0.777. The summed E-state index contributed by atoms with van der Waals surface area (Å²) in [6, 6.07) is 3.08. The van der Waals surface area contributed by atoms with Gasteiger partial charge in [0.05, 0.1) is 6.54 Å². The van der Waals surface area contributed by atoms with Crippen molar-refractivity contribution < 1.29 is 22.7 Å². The molecule has 0 radical (unpaired) electrons. The summed E-state index contributed by atoms with van der Waals surface area (Å²) in [7, 11) is 1.77. The lowest BCUT2D eigenvalue weighted by molar-refractivity contribution is -0.154. The van der Waals surface area contributed by atoms with Gasteiger partial charge in [0.25, 0.3) is 0 Å². The second-order valence-corrected chi connectivity index (χ2v) is 5.30. The van der Waals surface area contributed by atoms with E-state index in [2.05, 4.69) is 15.0 Å².